The molecule has 0 saturated heterocycles. The van der Waals surface area contributed by atoms with E-state index in [1.54, 1.807) is 60.7 Å². The van der Waals surface area contributed by atoms with Crippen LogP contribution in [0.4, 0.5) is 10.1 Å². The number of aromatic nitrogens is 5. The Kier molecular flexibility index (Phi) is 5.58. The number of hydrogen-bond donors (Lipinski definition) is 1. The number of benzene rings is 3. The zero-order valence-corrected chi connectivity index (χ0v) is 21.4. The SMILES string of the molecule is Cc1ccc(S(=O)(=O)n2ncc3cc(-c4cc(N)c5c(F)nn(S(=O)c6ccccc6)c5c4)cnc32)cc1. The first-order valence-electron chi connectivity index (χ1n) is 11.4. The summed E-state index contributed by atoms with van der Waals surface area (Å²) >= 11 is 0. The number of fused-ring (bicyclic) bond motifs is 2. The number of halogens is 1. The second kappa shape index (κ2) is 8.85. The van der Waals surface area contributed by atoms with Crippen molar-refractivity contribution in [1.29, 1.82) is 0 Å². The van der Waals surface area contributed by atoms with Gasteiger partial charge in [-0.05, 0) is 55.0 Å². The van der Waals surface area contributed by atoms with Crippen LogP contribution in [0.5, 0.6) is 0 Å². The fraction of sp³-hybridized carbons (Fsp3) is 0.0385. The monoisotopic (exact) mass is 546 g/mol. The average Bonchev–Trinajstić information content (AvgIpc) is 3.50. The van der Waals surface area contributed by atoms with E-state index < -0.39 is 27.0 Å². The van der Waals surface area contributed by atoms with Crippen molar-refractivity contribution in [2.45, 2.75) is 16.7 Å². The Labute approximate surface area is 219 Å². The predicted molar refractivity (Wildman–Crippen MR) is 143 cm³/mol. The van der Waals surface area contributed by atoms with Crippen LogP contribution in [-0.4, -0.2) is 36.0 Å². The average molecular weight is 547 g/mol. The molecule has 0 saturated carbocycles. The number of hydrogen-bond acceptors (Lipinski definition) is 7. The number of anilines is 1. The highest BCUT2D eigenvalue weighted by atomic mass is 32.2. The Bertz CT molecular complexity index is 1990. The van der Waals surface area contributed by atoms with Crippen molar-refractivity contribution in [2.24, 2.45) is 0 Å². The van der Waals surface area contributed by atoms with Gasteiger partial charge in [-0.2, -0.15) is 22.0 Å². The third-order valence-corrected chi connectivity index (χ3v) is 8.96. The summed E-state index contributed by atoms with van der Waals surface area (Å²) < 4.78 is 56.2. The molecule has 0 amide bonds. The summed E-state index contributed by atoms with van der Waals surface area (Å²) in [5, 5.41) is 8.47. The van der Waals surface area contributed by atoms with E-state index in [1.165, 1.54) is 24.5 Å². The van der Waals surface area contributed by atoms with Crippen molar-refractivity contribution in [1.82, 2.24) is 23.4 Å². The number of rotatable bonds is 5. The molecule has 1 unspecified atom stereocenters. The molecule has 0 fully saturated rings. The summed E-state index contributed by atoms with van der Waals surface area (Å²) in [7, 11) is -5.76. The largest absolute Gasteiger partial charge is 0.398 e. The van der Waals surface area contributed by atoms with Gasteiger partial charge in [-0.1, -0.05) is 35.9 Å². The maximum atomic E-state index is 14.7. The molecule has 0 spiro atoms. The smallest absolute Gasteiger partial charge is 0.284 e. The van der Waals surface area contributed by atoms with E-state index in [0.29, 0.717) is 21.4 Å². The number of nitrogens with two attached hydrogens (primary N) is 1. The van der Waals surface area contributed by atoms with E-state index in [1.807, 2.05) is 6.92 Å². The first kappa shape index (κ1) is 23.9. The number of nitrogen functional groups attached to an aromatic ring is 1. The molecule has 2 N–H and O–H groups in total. The lowest BCUT2D eigenvalue weighted by Crippen LogP contribution is -2.14. The molecule has 0 aliphatic heterocycles. The lowest BCUT2D eigenvalue weighted by Gasteiger charge is -2.08. The minimum Gasteiger partial charge on any atom is -0.398 e. The number of aryl methyl sites for hydroxylation is 1. The second-order valence-corrected chi connectivity index (χ2v) is 11.7. The second-order valence-electron chi connectivity index (χ2n) is 8.63. The van der Waals surface area contributed by atoms with Gasteiger partial charge in [-0.25, -0.2) is 9.19 Å². The molecule has 3 aromatic heterocycles. The summed E-state index contributed by atoms with van der Waals surface area (Å²) in [4.78, 5) is 4.92. The van der Waals surface area contributed by atoms with Crippen molar-refractivity contribution < 1.29 is 17.0 Å². The van der Waals surface area contributed by atoms with Gasteiger partial charge < -0.3 is 5.73 Å². The van der Waals surface area contributed by atoms with Crippen LogP contribution < -0.4 is 5.73 Å². The van der Waals surface area contributed by atoms with Gasteiger partial charge in [0.1, 0.15) is 0 Å². The molecular formula is C26H19FN6O3S2. The van der Waals surface area contributed by atoms with Crippen molar-refractivity contribution >= 4 is 48.6 Å². The molecule has 3 aromatic carbocycles. The molecule has 0 radical (unpaired) electrons. The van der Waals surface area contributed by atoms with Crippen LogP contribution in [0.25, 0.3) is 33.1 Å². The molecule has 38 heavy (non-hydrogen) atoms. The summed E-state index contributed by atoms with van der Waals surface area (Å²) in [5.41, 5.74) is 8.78. The van der Waals surface area contributed by atoms with Crippen molar-refractivity contribution in [3.63, 3.8) is 0 Å². The maximum Gasteiger partial charge on any atom is 0.284 e. The molecule has 190 valence electrons. The molecule has 3 heterocycles. The maximum absolute atomic E-state index is 14.7. The highest BCUT2D eigenvalue weighted by Crippen LogP contribution is 2.33. The van der Waals surface area contributed by atoms with Gasteiger partial charge in [0.05, 0.1) is 26.9 Å². The zero-order chi connectivity index (χ0) is 26.6. The van der Waals surface area contributed by atoms with Crippen LogP contribution in [-0.2, 0) is 21.0 Å². The summed E-state index contributed by atoms with van der Waals surface area (Å²) in [6.07, 6.45) is 2.89. The van der Waals surface area contributed by atoms with Gasteiger partial charge in [0, 0.05) is 22.8 Å². The fourth-order valence-electron chi connectivity index (χ4n) is 4.18. The summed E-state index contributed by atoms with van der Waals surface area (Å²) in [6, 6.07) is 19.9. The summed E-state index contributed by atoms with van der Waals surface area (Å²) in [6.45, 7) is 1.87. The van der Waals surface area contributed by atoms with Crippen LogP contribution in [0.15, 0.2) is 95.0 Å². The first-order chi connectivity index (χ1) is 18.2. The van der Waals surface area contributed by atoms with Crippen LogP contribution in [0.1, 0.15) is 5.56 Å². The van der Waals surface area contributed by atoms with E-state index in [-0.39, 0.29) is 27.1 Å². The van der Waals surface area contributed by atoms with Gasteiger partial charge in [-0.3, -0.25) is 0 Å². The highest BCUT2D eigenvalue weighted by Gasteiger charge is 2.23. The van der Waals surface area contributed by atoms with Crippen LogP contribution in [0.2, 0.25) is 0 Å². The van der Waals surface area contributed by atoms with E-state index >= 15 is 0 Å². The molecule has 0 bridgehead atoms. The van der Waals surface area contributed by atoms with Gasteiger partial charge in [-0.15, -0.1) is 9.19 Å². The highest BCUT2D eigenvalue weighted by molar-refractivity contribution is 7.90. The lowest BCUT2D eigenvalue weighted by atomic mass is 10.0. The quantitative estimate of drug-likeness (QED) is 0.320. The van der Waals surface area contributed by atoms with Gasteiger partial charge in [0.2, 0.25) is 5.95 Å². The molecule has 0 aliphatic carbocycles. The normalized spacial score (nSPS) is 12.8. The Balaban J connectivity index is 1.45. The third-order valence-electron chi connectivity index (χ3n) is 6.10. The molecule has 6 aromatic rings. The fourth-order valence-corrected chi connectivity index (χ4v) is 6.47. The molecule has 0 aliphatic rings. The van der Waals surface area contributed by atoms with Crippen molar-refractivity contribution in [3.05, 3.63) is 96.7 Å². The number of pyridine rings is 1. The Morgan fingerprint density at radius 1 is 0.947 bits per heavy atom. The Hall–Kier alpha value is -4.42. The molecular weight excluding hydrogens is 527 g/mol. The van der Waals surface area contributed by atoms with Gasteiger partial charge in [0.25, 0.3) is 10.0 Å². The minimum absolute atomic E-state index is 0.0593. The third kappa shape index (κ3) is 3.85. The Morgan fingerprint density at radius 2 is 1.68 bits per heavy atom. The van der Waals surface area contributed by atoms with E-state index in [0.717, 1.165) is 13.7 Å². The van der Waals surface area contributed by atoms with E-state index in [2.05, 4.69) is 15.2 Å². The molecule has 12 heteroatoms. The van der Waals surface area contributed by atoms with Crippen LogP contribution in [0, 0.1) is 12.9 Å². The van der Waals surface area contributed by atoms with Crippen molar-refractivity contribution in [2.75, 3.05) is 5.73 Å². The van der Waals surface area contributed by atoms with Gasteiger partial charge in [0.15, 0.2) is 16.6 Å². The predicted octanol–water partition coefficient (Wildman–Crippen LogP) is 4.29. The summed E-state index contributed by atoms with van der Waals surface area (Å²) in [5.74, 6) is -0.829. The van der Waals surface area contributed by atoms with Gasteiger partial charge >= 0.3 is 0 Å². The molecule has 6 rings (SSSR count). The minimum atomic E-state index is -3.95. The zero-order valence-electron chi connectivity index (χ0n) is 19.8. The van der Waals surface area contributed by atoms with Crippen LogP contribution in [0.3, 0.4) is 0 Å². The standard InChI is InChI=1S/C26H19FN6O3S2/c1-16-7-9-21(10-8-16)38(35,36)33-26-19(15-30-33)11-18(14-29-26)17-12-22(28)24-23(13-17)32(31-25(24)27)37(34)20-5-3-2-4-6-20/h2-15H,28H2,1H3. The first-order valence-corrected chi connectivity index (χ1v) is 13.9. The topological polar surface area (TPSA) is 126 Å². The van der Waals surface area contributed by atoms with Crippen molar-refractivity contribution in [3.8, 4) is 11.1 Å². The molecule has 9 nitrogen and oxygen atoms in total. The lowest BCUT2D eigenvalue weighted by molar-refractivity contribution is 0.579. The molecule has 1 atom stereocenters. The van der Waals surface area contributed by atoms with Crippen LogP contribution >= 0.6 is 0 Å². The van der Waals surface area contributed by atoms with E-state index in [4.69, 9.17) is 5.73 Å². The van der Waals surface area contributed by atoms with E-state index in [9.17, 15) is 17.0 Å². The number of nitrogens with zero attached hydrogens (tertiary/aromatic N) is 5. The Morgan fingerprint density at radius 3 is 2.42 bits per heavy atom.